The molecule has 3 saturated carbocycles. The van der Waals surface area contributed by atoms with Gasteiger partial charge in [-0.1, -0.05) is 19.4 Å². The van der Waals surface area contributed by atoms with Gasteiger partial charge >= 0.3 is 0 Å². The maximum absolute atomic E-state index is 12.1. The van der Waals surface area contributed by atoms with Gasteiger partial charge in [-0.2, -0.15) is 0 Å². The van der Waals surface area contributed by atoms with Crippen LogP contribution in [0.1, 0.15) is 58.8 Å². The van der Waals surface area contributed by atoms with Gasteiger partial charge in [0, 0.05) is 18.3 Å². The highest BCUT2D eigenvalue weighted by Crippen LogP contribution is 2.64. The number of ketones is 2. The molecule has 0 amide bonds. The summed E-state index contributed by atoms with van der Waals surface area (Å²) in [6, 6.07) is 0. The zero-order valence-electron chi connectivity index (χ0n) is 13.6. The molecular formula is C19H26O3. The second-order valence-electron chi connectivity index (χ2n) is 8.59. The number of hydrogen-bond acceptors (Lipinski definition) is 3. The first kappa shape index (κ1) is 14.6. The summed E-state index contributed by atoms with van der Waals surface area (Å²) >= 11 is 0. The number of allylic oxidation sites excluding steroid dienone is 1. The summed E-state index contributed by atoms with van der Waals surface area (Å²) in [5.74, 6) is 1.80. The molecule has 4 rings (SSSR count). The van der Waals surface area contributed by atoms with E-state index in [0.717, 1.165) is 32.1 Å². The van der Waals surface area contributed by atoms with Gasteiger partial charge in [-0.05, 0) is 61.3 Å². The summed E-state index contributed by atoms with van der Waals surface area (Å²) in [6.07, 6.45) is 7.49. The van der Waals surface area contributed by atoms with Crippen LogP contribution in [0.15, 0.2) is 11.6 Å². The van der Waals surface area contributed by atoms with Crippen LogP contribution in [0.5, 0.6) is 0 Å². The zero-order chi connectivity index (χ0) is 15.7. The third-order valence-electron chi connectivity index (χ3n) is 7.75. The minimum absolute atomic E-state index is 0.0541. The molecule has 120 valence electrons. The Morgan fingerprint density at radius 3 is 2.64 bits per heavy atom. The fourth-order valence-electron chi connectivity index (χ4n) is 6.33. The highest BCUT2D eigenvalue weighted by molar-refractivity contribution is 5.91. The average Bonchev–Trinajstić information content (AvgIpc) is 2.72. The van der Waals surface area contributed by atoms with Crippen LogP contribution >= 0.6 is 0 Å². The molecule has 3 heteroatoms. The molecule has 0 heterocycles. The maximum Gasteiger partial charge on any atom is 0.162 e. The van der Waals surface area contributed by atoms with E-state index in [-0.39, 0.29) is 22.4 Å². The van der Waals surface area contributed by atoms with Gasteiger partial charge in [0.1, 0.15) is 6.10 Å². The van der Waals surface area contributed by atoms with E-state index < -0.39 is 6.10 Å². The van der Waals surface area contributed by atoms with Crippen molar-refractivity contribution in [2.24, 2.45) is 28.6 Å². The minimum Gasteiger partial charge on any atom is -0.385 e. The van der Waals surface area contributed by atoms with Gasteiger partial charge in [0.15, 0.2) is 11.6 Å². The number of carbonyl (C=O) groups excluding carboxylic acids is 2. The van der Waals surface area contributed by atoms with Crippen molar-refractivity contribution in [3.05, 3.63) is 11.6 Å². The van der Waals surface area contributed by atoms with E-state index in [1.807, 2.05) is 6.08 Å². The van der Waals surface area contributed by atoms with Gasteiger partial charge in [-0.15, -0.1) is 0 Å². The summed E-state index contributed by atoms with van der Waals surface area (Å²) in [5, 5.41) is 10.4. The molecule has 0 aromatic carbocycles. The van der Waals surface area contributed by atoms with Gasteiger partial charge in [0.2, 0.25) is 0 Å². The molecule has 3 unspecified atom stereocenters. The monoisotopic (exact) mass is 302 g/mol. The Morgan fingerprint density at radius 1 is 1.09 bits per heavy atom. The smallest absolute Gasteiger partial charge is 0.162 e. The molecule has 0 aromatic heterocycles. The number of rotatable bonds is 0. The second-order valence-corrected chi connectivity index (χ2v) is 8.59. The van der Waals surface area contributed by atoms with Gasteiger partial charge in [0.25, 0.3) is 0 Å². The summed E-state index contributed by atoms with van der Waals surface area (Å²) in [4.78, 5) is 23.9. The Labute approximate surface area is 132 Å². The Kier molecular flexibility index (Phi) is 3.01. The van der Waals surface area contributed by atoms with Crippen molar-refractivity contribution < 1.29 is 14.7 Å². The normalized spacial score (nSPS) is 51.0. The van der Waals surface area contributed by atoms with Crippen molar-refractivity contribution in [1.29, 1.82) is 0 Å². The molecular weight excluding hydrogens is 276 g/mol. The fraction of sp³-hybridized carbons (Fsp3) is 0.789. The molecule has 0 aliphatic heterocycles. The summed E-state index contributed by atoms with van der Waals surface area (Å²) in [7, 11) is 0. The first-order chi connectivity index (χ1) is 10.4. The molecule has 6 atom stereocenters. The third kappa shape index (κ3) is 1.72. The lowest BCUT2D eigenvalue weighted by Crippen LogP contribution is -2.51. The zero-order valence-corrected chi connectivity index (χ0v) is 13.6. The van der Waals surface area contributed by atoms with Crippen molar-refractivity contribution in [2.75, 3.05) is 0 Å². The van der Waals surface area contributed by atoms with E-state index in [1.54, 1.807) is 0 Å². The van der Waals surface area contributed by atoms with E-state index in [0.29, 0.717) is 30.6 Å². The van der Waals surface area contributed by atoms with Crippen molar-refractivity contribution in [2.45, 2.75) is 64.9 Å². The largest absolute Gasteiger partial charge is 0.385 e. The van der Waals surface area contributed by atoms with E-state index in [1.165, 1.54) is 5.57 Å². The lowest BCUT2D eigenvalue weighted by molar-refractivity contribution is -0.129. The number of fused-ring (bicyclic) bond motifs is 5. The average molecular weight is 302 g/mol. The molecule has 0 saturated heterocycles. The molecule has 0 spiro atoms. The van der Waals surface area contributed by atoms with E-state index in [4.69, 9.17) is 0 Å². The Balaban J connectivity index is 1.70. The van der Waals surface area contributed by atoms with E-state index in [9.17, 15) is 14.7 Å². The summed E-state index contributed by atoms with van der Waals surface area (Å²) in [6.45, 7) is 4.47. The van der Waals surface area contributed by atoms with Crippen LogP contribution in [0.2, 0.25) is 0 Å². The third-order valence-corrected chi connectivity index (χ3v) is 7.75. The quantitative estimate of drug-likeness (QED) is 0.748. The lowest BCUT2D eigenvalue weighted by atomic mass is 9.47. The molecule has 3 fully saturated rings. The highest BCUT2D eigenvalue weighted by Gasteiger charge is 2.61. The van der Waals surface area contributed by atoms with E-state index >= 15 is 0 Å². The van der Waals surface area contributed by atoms with Gasteiger partial charge in [0.05, 0.1) is 0 Å². The van der Waals surface area contributed by atoms with Gasteiger partial charge in [-0.25, -0.2) is 0 Å². The Bertz CT molecular complexity index is 577. The van der Waals surface area contributed by atoms with Crippen molar-refractivity contribution in [3.63, 3.8) is 0 Å². The fourth-order valence-corrected chi connectivity index (χ4v) is 6.33. The van der Waals surface area contributed by atoms with Crippen LogP contribution in [-0.4, -0.2) is 22.8 Å². The van der Waals surface area contributed by atoms with Crippen molar-refractivity contribution in [3.8, 4) is 0 Å². The number of aliphatic hydroxyl groups is 1. The number of Topliss-reactive ketones (excluding diaryl/α,β-unsaturated/α-hetero) is 1. The van der Waals surface area contributed by atoms with Gasteiger partial charge < -0.3 is 5.11 Å². The molecule has 4 aliphatic rings. The molecule has 4 aliphatic carbocycles. The summed E-state index contributed by atoms with van der Waals surface area (Å²) in [5.41, 5.74) is 1.30. The number of carbonyl (C=O) groups is 2. The van der Waals surface area contributed by atoms with E-state index in [2.05, 4.69) is 13.8 Å². The lowest BCUT2D eigenvalue weighted by Gasteiger charge is -2.57. The molecule has 3 nitrogen and oxygen atoms in total. The highest BCUT2D eigenvalue weighted by atomic mass is 16.3. The minimum atomic E-state index is -0.754. The second kappa shape index (κ2) is 4.53. The number of hydrogen-bond donors (Lipinski definition) is 1. The predicted molar refractivity (Wildman–Crippen MR) is 83.1 cm³/mol. The van der Waals surface area contributed by atoms with Gasteiger partial charge in [-0.3, -0.25) is 9.59 Å². The Hall–Kier alpha value is -0.960. The molecule has 0 bridgehead atoms. The van der Waals surface area contributed by atoms with Crippen LogP contribution < -0.4 is 0 Å². The molecule has 22 heavy (non-hydrogen) atoms. The standard InChI is InChI=1S/C19H26O3/c1-18-7-5-12(20)9-11(18)3-4-13-14(18)6-8-19(2)15(13)10-16(21)17(19)22/h9,13-15,17,22H,3-8,10H2,1-2H3/t13?,14-,15-,17-,18?,19?/m0/s1. The van der Waals surface area contributed by atoms with Crippen molar-refractivity contribution in [1.82, 2.24) is 0 Å². The van der Waals surface area contributed by atoms with Crippen LogP contribution in [0, 0.1) is 28.6 Å². The first-order valence-corrected chi connectivity index (χ1v) is 8.81. The van der Waals surface area contributed by atoms with Crippen LogP contribution in [0.4, 0.5) is 0 Å². The summed E-state index contributed by atoms with van der Waals surface area (Å²) < 4.78 is 0. The predicted octanol–water partition coefficient (Wildman–Crippen LogP) is 3.06. The van der Waals surface area contributed by atoms with Crippen molar-refractivity contribution >= 4 is 11.6 Å². The van der Waals surface area contributed by atoms with Crippen LogP contribution in [-0.2, 0) is 9.59 Å². The maximum atomic E-state index is 12.1. The molecule has 0 radical (unpaired) electrons. The Morgan fingerprint density at radius 2 is 1.86 bits per heavy atom. The SMILES string of the molecule is CC12CCC(=O)C=C1CCC1[C@@H]2CCC2(C)[C@@H](O)C(=O)C[C@@H]12. The molecule has 0 aromatic rings. The molecule has 1 N–H and O–H groups in total. The van der Waals surface area contributed by atoms with Crippen LogP contribution in [0.3, 0.4) is 0 Å². The first-order valence-electron chi connectivity index (χ1n) is 8.81. The number of aliphatic hydroxyl groups excluding tert-OH is 1. The topological polar surface area (TPSA) is 54.4 Å². The van der Waals surface area contributed by atoms with Crippen LogP contribution in [0.25, 0.3) is 0 Å².